The standard InChI is InChI=1S/C14H18N2O2/c1-18-11-3-2-4-15-14(11)16-7-9-5-8-6-10(9)12(16)13(8)17/h2-4,8-10,12-13,17H,5-7H2,1H3. The molecule has 5 unspecified atom stereocenters. The molecule has 2 bridgehead atoms. The van der Waals surface area contributed by atoms with Crippen LogP contribution in [-0.2, 0) is 0 Å². The molecule has 1 aliphatic heterocycles. The summed E-state index contributed by atoms with van der Waals surface area (Å²) in [5, 5.41) is 10.4. The zero-order chi connectivity index (χ0) is 12.3. The van der Waals surface area contributed by atoms with Gasteiger partial charge in [-0.2, -0.15) is 0 Å². The van der Waals surface area contributed by atoms with Crippen molar-refractivity contribution in [3.05, 3.63) is 18.3 Å². The molecule has 0 amide bonds. The van der Waals surface area contributed by atoms with Crippen LogP contribution >= 0.6 is 0 Å². The minimum absolute atomic E-state index is 0.180. The zero-order valence-electron chi connectivity index (χ0n) is 10.5. The summed E-state index contributed by atoms with van der Waals surface area (Å²) < 4.78 is 5.40. The lowest BCUT2D eigenvalue weighted by Gasteiger charge is -2.30. The molecule has 2 saturated carbocycles. The van der Waals surface area contributed by atoms with E-state index in [1.54, 1.807) is 13.3 Å². The molecular weight excluding hydrogens is 228 g/mol. The summed E-state index contributed by atoms with van der Waals surface area (Å²) in [7, 11) is 1.68. The van der Waals surface area contributed by atoms with Crippen molar-refractivity contribution < 1.29 is 9.84 Å². The maximum atomic E-state index is 10.4. The van der Waals surface area contributed by atoms with Gasteiger partial charge in [-0.3, -0.25) is 0 Å². The van der Waals surface area contributed by atoms with Gasteiger partial charge in [-0.25, -0.2) is 4.98 Å². The molecule has 18 heavy (non-hydrogen) atoms. The first kappa shape index (κ1) is 10.6. The van der Waals surface area contributed by atoms with Gasteiger partial charge in [0, 0.05) is 12.7 Å². The Morgan fingerprint density at radius 1 is 1.39 bits per heavy atom. The number of ether oxygens (including phenoxy) is 1. The Kier molecular flexibility index (Phi) is 2.13. The Morgan fingerprint density at radius 2 is 2.28 bits per heavy atom. The highest BCUT2D eigenvalue weighted by molar-refractivity contribution is 5.55. The van der Waals surface area contributed by atoms with Gasteiger partial charge in [-0.1, -0.05) is 0 Å². The number of hydrogen-bond acceptors (Lipinski definition) is 4. The number of aliphatic hydroxyl groups is 1. The van der Waals surface area contributed by atoms with Crippen LogP contribution in [0.3, 0.4) is 0 Å². The molecule has 4 heteroatoms. The largest absolute Gasteiger partial charge is 0.493 e. The Hall–Kier alpha value is -1.29. The molecule has 4 nitrogen and oxygen atoms in total. The third-order valence-electron chi connectivity index (χ3n) is 5.09. The van der Waals surface area contributed by atoms with Crippen LogP contribution in [0, 0.1) is 17.8 Å². The highest BCUT2D eigenvalue weighted by Gasteiger charge is 2.59. The SMILES string of the molecule is COc1cccnc1N1CC2CC3CC2C1C3O. The number of fused-ring (bicyclic) bond motifs is 1. The van der Waals surface area contributed by atoms with Crippen LogP contribution in [0.2, 0.25) is 0 Å². The fourth-order valence-corrected chi connectivity index (χ4v) is 4.42. The van der Waals surface area contributed by atoms with Crippen LogP contribution in [0.4, 0.5) is 5.82 Å². The van der Waals surface area contributed by atoms with Crippen molar-refractivity contribution >= 4 is 5.82 Å². The number of aliphatic hydroxyl groups excluding tert-OH is 1. The summed E-state index contributed by atoms with van der Waals surface area (Å²) in [5.41, 5.74) is 0. The van der Waals surface area contributed by atoms with E-state index in [1.165, 1.54) is 12.8 Å². The highest BCUT2D eigenvalue weighted by Crippen LogP contribution is 2.56. The van der Waals surface area contributed by atoms with Gasteiger partial charge in [-0.05, 0) is 42.7 Å². The Bertz CT molecular complexity index is 477. The van der Waals surface area contributed by atoms with Gasteiger partial charge in [0.1, 0.15) is 0 Å². The lowest BCUT2D eigenvalue weighted by Crippen LogP contribution is -2.41. The van der Waals surface area contributed by atoms with Crippen LogP contribution in [0.5, 0.6) is 5.75 Å². The number of hydrogen-bond donors (Lipinski definition) is 1. The van der Waals surface area contributed by atoms with Gasteiger partial charge >= 0.3 is 0 Å². The predicted octanol–water partition coefficient (Wildman–Crippen LogP) is 1.30. The average molecular weight is 246 g/mol. The Labute approximate surface area is 107 Å². The Balaban J connectivity index is 1.74. The summed E-state index contributed by atoms with van der Waals surface area (Å²) >= 11 is 0. The fourth-order valence-electron chi connectivity index (χ4n) is 4.42. The van der Waals surface area contributed by atoms with Crippen molar-refractivity contribution in [2.45, 2.75) is 25.0 Å². The topological polar surface area (TPSA) is 45.6 Å². The van der Waals surface area contributed by atoms with E-state index < -0.39 is 0 Å². The molecule has 3 aliphatic rings. The minimum Gasteiger partial charge on any atom is -0.493 e. The van der Waals surface area contributed by atoms with Crippen molar-refractivity contribution in [3.8, 4) is 5.75 Å². The third kappa shape index (κ3) is 1.21. The number of rotatable bonds is 2. The normalized spacial score (nSPS) is 40.6. The van der Waals surface area contributed by atoms with Crippen molar-refractivity contribution in [2.75, 3.05) is 18.6 Å². The number of methoxy groups -OCH3 is 1. The van der Waals surface area contributed by atoms with E-state index in [0.29, 0.717) is 11.8 Å². The van der Waals surface area contributed by atoms with E-state index in [2.05, 4.69) is 9.88 Å². The molecule has 4 rings (SSSR count). The molecule has 5 atom stereocenters. The second-order valence-corrected chi connectivity index (χ2v) is 5.82. The molecule has 2 aliphatic carbocycles. The smallest absolute Gasteiger partial charge is 0.171 e. The van der Waals surface area contributed by atoms with Gasteiger partial charge in [0.25, 0.3) is 0 Å². The van der Waals surface area contributed by atoms with Crippen molar-refractivity contribution in [2.24, 2.45) is 17.8 Å². The maximum Gasteiger partial charge on any atom is 0.171 e. The van der Waals surface area contributed by atoms with E-state index in [-0.39, 0.29) is 12.1 Å². The number of nitrogens with zero attached hydrogens (tertiary/aromatic N) is 2. The van der Waals surface area contributed by atoms with E-state index in [9.17, 15) is 5.11 Å². The predicted molar refractivity (Wildman–Crippen MR) is 67.6 cm³/mol. The lowest BCUT2D eigenvalue weighted by molar-refractivity contribution is 0.0964. The number of aromatic nitrogens is 1. The van der Waals surface area contributed by atoms with Crippen LogP contribution in [-0.4, -0.2) is 35.9 Å². The summed E-state index contributed by atoms with van der Waals surface area (Å²) in [6, 6.07) is 4.10. The van der Waals surface area contributed by atoms with Gasteiger partial charge < -0.3 is 14.7 Å². The summed E-state index contributed by atoms with van der Waals surface area (Å²) in [4.78, 5) is 6.75. The first-order chi connectivity index (χ1) is 8.79. The van der Waals surface area contributed by atoms with Crippen LogP contribution in [0.1, 0.15) is 12.8 Å². The molecule has 1 N–H and O–H groups in total. The minimum atomic E-state index is -0.180. The molecular formula is C14H18N2O2. The molecule has 1 saturated heterocycles. The van der Waals surface area contributed by atoms with Crippen LogP contribution < -0.4 is 9.64 Å². The van der Waals surface area contributed by atoms with Crippen molar-refractivity contribution in [1.82, 2.24) is 4.98 Å². The fraction of sp³-hybridized carbons (Fsp3) is 0.643. The van der Waals surface area contributed by atoms with Crippen LogP contribution in [0.25, 0.3) is 0 Å². The second kappa shape index (κ2) is 3.60. The monoisotopic (exact) mass is 246 g/mol. The molecule has 0 aromatic carbocycles. The average Bonchev–Trinajstić information content (AvgIpc) is 3.00. The molecule has 1 aromatic rings. The summed E-state index contributed by atoms with van der Waals surface area (Å²) in [6.45, 7) is 1.02. The molecule has 0 radical (unpaired) electrons. The van der Waals surface area contributed by atoms with Crippen molar-refractivity contribution in [1.29, 1.82) is 0 Å². The van der Waals surface area contributed by atoms with E-state index in [0.717, 1.165) is 24.0 Å². The highest BCUT2D eigenvalue weighted by atomic mass is 16.5. The van der Waals surface area contributed by atoms with Gasteiger partial charge in [0.15, 0.2) is 11.6 Å². The zero-order valence-corrected chi connectivity index (χ0v) is 10.5. The van der Waals surface area contributed by atoms with Gasteiger partial charge in [0.2, 0.25) is 0 Å². The van der Waals surface area contributed by atoms with E-state index in [1.807, 2.05) is 12.1 Å². The first-order valence-electron chi connectivity index (χ1n) is 6.73. The van der Waals surface area contributed by atoms with Crippen molar-refractivity contribution in [3.63, 3.8) is 0 Å². The van der Waals surface area contributed by atoms with Crippen LogP contribution in [0.15, 0.2) is 18.3 Å². The lowest BCUT2D eigenvalue weighted by atomic mass is 9.88. The third-order valence-corrected chi connectivity index (χ3v) is 5.09. The van der Waals surface area contributed by atoms with E-state index in [4.69, 9.17) is 4.74 Å². The summed E-state index contributed by atoms with van der Waals surface area (Å²) in [6.07, 6.45) is 4.01. The molecule has 3 fully saturated rings. The first-order valence-corrected chi connectivity index (χ1v) is 6.73. The van der Waals surface area contributed by atoms with Gasteiger partial charge in [-0.15, -0.1) is 0 Å². The second-order valence-electron chi connectivity index (χ2n) is 5.82. The molecule has 1 aromatic heterocycles. The molecule has 96 valence electrons. The van der Waals surface area contributed by atoms with Gasteiger partial charge in [0.05, 0.1) is 19.3 Å². The molecule has 0 spiro atoms. The summed E-state index contributed by atoms with van der Waals surface area (Å²) in [5.74, 6) is 3.64. The number of anilines is 1. The maximum absolute atomic E-state index is 10.4. The molecule has 2 heterocycles. The Morgan fingerprint density at radius 3 is 3.06 bits per heavy atom. The number of pyridine rings is 1. The van der Waals surface area contributed by atoms with E-state index >= 15 is 0 Å². The quantitative estimate of drug-likeness (QED) is 0.854.